The summed E-state index contributed by atoms with van der Waals surface area (Å²) in [5.41, 5.74) is 1.13. The lowest BCUT2D eigenvalue weighted by atomic mass is 10.0. The number of aromatic nitrogens is 1. The molecule has 102 valence electrons. The zero-order chi connectivity index (χ0) is 14.0. The zero-order valence-electron chi connectivity index (χ0n) is 11.8. The van der Waals surface area contributed by atoms with Gasteiger partial charge in [0.2, 0.25) is 0 Å². The quantitative estimate of drug-likeness (QED) is 0.934. The molecule has 0 saturated carbocycles. The Kier molecular flexibility index (Phi) is 4.02. The molecule has 19 heavy (non-hydrogen) atoms. The van der Waals surface area contributed by atoms with Gasteiger partial charge in [0.15, 0.2) is 0 Å². The van der Waals surface area contributed by atoms with Crippen LogP contribution in [0.3, 0.4) is 0 Å². The molecule has 3 nitrogen and oxygen atoms in total. The van der Waals surface area contributed by atoms with Gasteiger partial charge in [-0.2, -0.15) is 0 Å². The molecule has 4 heteroatoms. The lowest BCUT2D eigenvalue weighted by Crippen LogP contribution is -2.34. The minimum absolute atomic E-state index is 0.0213. The average molecular weight is 276 g/mol. The summed E-state index contributed by atoms with van der Waals surface area (Å²) in [4.78, 5) is 4.18. The van der Waals surface area contributed by atoms with E-state index >= 15 is 0 Å². The molecule has 0 unspecified atom stereocenters. The Bertz CT molecular complexity index is 599. The van der Waals surface area contributed by atoms with Gasteiger partial charge in [0.05, 0.1) is 15.7 Å². The van der Waals surface area contributed by atoms with Gasteiger partial charge < -0.3 is 0 Å². The second kappa shape index (κ2) is 5.39. The summed E-state index contributed by atoms with van der Waals surface area (Å²) >= 11 is 0. The van der Waals surface area contributed by atoms with E-state index in [4.69, 9.17) is 0 Å². The van der Waals surface area contributed by atoms with E-state index in [2.05, 4.69) is 21.8 Å². The number of pyridine rings is 1. The SMILES string of the molecule is C[C@@H](N[S@](=O)C(C)(C)C)c1cccc2ccncc12. The van der Waals surface area contributed by atoms with Gasteiger partial charge in [0.25, 0.3) is 0 Å². The van der Waals surface area contributed by atoms with Crippen LogP contribution in [0.25, 0.3) is 10.8 Å². The third-order valence-corrected chi connectivity index (χ3v) is 4.70. The Morgan fingerprint density at radius 3 is 2.68 bits per heavy atom. The first-order valence-electron chi connectivity index (χ1n) is 6.40. The van der Waals surface area contributed by atoms with Crippen molar-refractivity contribution < 1.29 is 4.21 Å². The van der Waals surface area contributed by atoms with E-state index in [0.717, 1.165) is 16.3 Å². The fourth-order valence-corrected chi connectivity index (χ4v) is 2.72. The maximum atomic E-state index is 12.2. The first kappa shape index (κ1) is 14.2. The van der Waals surface area contributed by atoms with Crippen LogP contribution < -0.4 is 4.72 Å². The molecule has 0 amide bonds. The molecule has 0 radical (unpaired) electrons. The number of benzene rings is 1. The first-order valence-corrected chi connectivity index (χ1v) is 7.55. The Morgan fingerprint density at radius 2 is 2.00 bits per heavy atom. The smallest absolute Gasteiger partial charge is 0.0975 e. The van der Waals surface area contributed by atoms with Crippen molar-refractivity contribution in [1.82, 2.24) is 9.71 Å². The van der Waals surface area contributed by atoms with Gasteiger partial charge in [-0.1, -0.05) is 18.2 Å². The number of fused-ring (bicyclic) bond motifs is 1. The van der Waals surface area contributed by atoms with Gasteiger partial charge in [0, 0.05) is 23.8 Å². The van der Waals surface area contributed by atoms with Crippen LogP contribution in [-0.2, 0) is 11.0 Å². The minimum atomic E-state index is -1.08. The summed E-state index contributed by atoms with van der Waals surface area (Å²) < 4.78 is 15.1. The summed E-state index contributed by atoms with van der Waals surface area (Å²) in [7, 11) is -1.08. The second-order valence-corrected chi connectivity index (χ2v) is 7.66. The molecule has 2 atom stereocenters. The van der Waals surface area contributed by atoms with Crippen molar-refractivity contribution in [2.75, 3.05) is 0 Å². The molecular weight excluding hydrogens is 256 g/mol. The number of hydrogen-bond donors (Lipinski definition) is 1. The maximum Gasteiger partial charge on any atom is 0.0975 e. The maximum absolute atomic E-state index is 12.2. The average Bonchev–Trinajstić information content (AvgIpc) is 2.36. The van der Waals surface area contributed by atoms with Crippen LogP contribution >= 0.6 is 0 Å². The summed E-state index contributed by atoms with van der Waals surface area (Å²) in [6.45, 7) is 7.93. The third-order valence-electron chi connectivity index (χ3n) is 3.02. The topological polar surface area (TPSA) is 42.0 Å². The van der Waals surface area contributed by atoms with Gasteiger partial charge in [-0.25, -0.2) is 8.93 Å². The zero-order valence-corrected chi connectivity index (χ0v) is 12.6. The van der Waals surface area contributed by atoms with E-state index < -0.39 is 11.0 Å². The Labute approximate surface area is 117 Å². The molecule has 1 aromatic heterocycles. The van der Waals surface area contributed by atoms with Gasteiger partial charge in [-0.15, -0.1) is 0 Å². The molecule has 0 bridgehead atoms. The summed E-state index contributed by atoms with van der Waals surface area (Å²) in [6, 6.07) is 8.16. The normalized spacial score (nSPS) is 15.4. The monoisotopic (exact) mass is 276 g/mol. The molecule has 1 aromatic carbocycles. The van der Waals surface area contributed by atoms with Gasteiger partial charge in [0.1, 0.15) is 0 Å². The highest BCUT2D eigenvalue weighted by Crippen LogP contribution is 2.24. The minimum Gasteiger partial charge on any atom is -0.264 e. The van der Waals surface area contributed by atoms with E-state index in [1.54, 1.807) is 6.20 Å². The van der Waals surface area contributed by atoms with Crippen molar-refractivity contribution in [1.29, 1.82) is 0 Å². The molecule has 0 spiro atoms. The van der Waals surface area contributed by atoms with Crippen molar-refractivity contribution >= 4 is 21.8 Å². The van der Waals surface area contributed by atoms with Gasteiger partial charge in [-0.3, -0.25) is 4.98 Å². The van der Waals surface area contributed by atoms with E-state index in [-0.39, 0.29) is 10.8 Å². The largest absolute Gasteiger partial charge is 0.264 e. The van der Waals surface area contributed by atoms with Gasteiger partial charge >= 0.3 is 0 Å². The lowest BCUT2D eigenvalue weighted by molar-refractivity contribution is 0.617. The number of nitrogens with one attached hydrogen (secondary N) is 1. The number of nitrogens with zero attached hydrogens (tertiary/aromatic N) is 1. The molecule has 1 N–H and O–H groups in total. The number of hydrogen-bond acceptors (Lipinski definition) is 2. The fourth-order valence-electron chi connectivity index (χ4n) is 1.92. The summed E-state index contributed by atoms with van der Waals surface area (Å²) in [6.07, 6.45) is 3.65. The third kappa shape index (κ3) is 3.19. The summed E-state index contributed by atoms with van der Waals surface area (Å²) in [5.74, 6) is 0. The van der Waals surface area contributed by atoms with Crippen molar-refractivity contribution in [3.8, 4) is 0 Å². The van der Waals surface area contributed by atoms with Crippen LogP contribution in [0.15, 0.2) is 36.7 Å². The van der Waals surface area contributed by atoms with Crippen LogP contribution in [0.5, 0.6) is 0 Å². The highest BCUT2D eigenvalue weighted by Gasteiger charge is 2.22. The van der Waals surface area contributed by atoms with E-state index in [1.165, 1.54) is 0 Å². The molecule has 2 rings (SSSR count). The highest BCUT2D eigenvalue weighted by molar-refractivity contribution is 7.84. The van der Waals surface area contributed by atoms with Crippen LogP contribution in [0, 0.1) is 0 Å². The molecule has 2 aromatic rings. The van der Waals surface area contributed by atoms with Crippen molar-refractivity contribution in [2.45, 2.75) is 38.5 Å². The molecule has 0 fully saturated rings. The molecule has 0 aliphatic heterocycles. The van der Waals surface area contributed by atoms with Crippen LogP contribution in [0.1, 0.15) is 39.3 Å². The van der Waals surface area contributed by atoms with Crippen molar-refractivity contribution in [3.05, 3.63) is 42.2 Å². The predicted molar refractivity (Wildman–Crippen MR) is 81.2 cm³/mol. The molecule has 0 aliphatic rings. The predicted octanol–water partition coefficient (Wildman–Crippen LogP) is 3.35. The Morgan fingerprint density at radius 1 is 1.26 bits per heavy atom. The Hall–Kier alpha value is -1.26. The number of rotatable bonds is 3. The van der Waals surface area contributed by atoms with Gasteiger partial charge in [-0.05, 0) is 44.7 Å². The van der Waals surface area contributed by atoms with Crippen molar-refractivity contribution in [3.63, 3.8) is 0 Å². The Balaban J connectivity index is 2.32. The molecule has 0 saturated heterocycles. The van der Waals surface area contributed by atoms with E-state index in [9.17, 15) is 4.21 Å². The fraction of sp³-hybridized carbons (Fsp3) is 0.400. The molecular formula is C15H20N2OS. The van der Waals surface area contributed by atoms with Crippen molar-refractivity contribution in [2.24, 2.45) is 0 Å². The molecule has 0 aliphatic carbocycles. The van der Waals surface area contributed by atoms with Crippen LogP contribution in [-0.4, -0.2) is 13.9 Å². The standard InChI is InChI=1S/C15H20N2OS/c1-11(17-19(18)15(2,3)4)13-7-5-6-12-8-9-16-10-14(12)13/h5-11,17H,1-4H3/t11-,19-/m1/s1. The second-order valence-electron chi connectivity index (χ2n) is 5.66. The summed E-state index contributed by atoms with van der Waals surface area (Å²) in [5, 5.41) is 2.26. The lowest BCUT2D eigenvalue weighted by Gasteiger charge is -2.22. The van der Waals surface area contributed by atoms with E-state index in [1.807, 2.05) is 46.0 Å². The highest BCUT2D eigenvalue weighted by atomic mass is 32.2. The van der Waals surface area contributed by atoms with Crippen LogP contribution in [0.4, 0.5) is 0 Å². The first-order chi connectivity index (χ1) is 8.89. The molecule has 1 heterocycles. The van der Waals surface area contributed by atoms with E-state index in [0.29, 0.717) is 0 Å². The van der Waals surface area contributed by atoms with Crippen LogP contribution in [0.2, 0.25) is 0 Å².